The zero-order valence-corrected chi connectivity index (χ0v) is 16.0. The van der Waals surface area contributed by atoms with Crippen molar-refractivity contribution in [2.75, 3.05) is 6.54 Å². The summed E-state index contributed by atoms with van der Waals surface area (Å²) in [6.07, 6.45) is -3.43. The molecule has 2 aromatic heterocycles. The van der Waals surface area contributed by atoms with Crippen LogP contribution < -0.4 is 10.9 Å². The van der Waals surface area contributed by atoms with Crippen LogP contribution in [0.15, 0.2) is 41.3 Å². The number of nitrogens with zero attached hydrogens (tertiary/aromatic N) is 3. The number of nitrogens with one attached hydrogen (secondary N) is 1. The molecule has 0 aliphatic carbocycles. The second-order valence-corrected chi connectivity index (χ2v) is 6.59. The van der Waals surface area contributed by atoms with Crippen LogP contribution in [0.4, 0.5) is 13.2 Å². The van der Waals surface area contributed by atoms with Crippen molar-refractivity contribution in [1.29, 1.82) is 5.26 Å². The van der Waals surface area contributed by atoms with Crippen LogP contribution in [0.2, 0.25) is 0 Å². The highest BCUT2D eigenvalue weighted by molar-refractivity contribution is 6.02. The molecule has 12 heteroatoms. The summed E-state index contributed by atoms with van der Waals surface area (Å²) in [6, 6.07) is 6.90. The second kappa shape index (κ2) is 8.38. The third-order valence-corrected chi connectivity index (χ3v) is 4.45. The number of alkyl halides is 3. The van der Waals surface area contributed by atoms with Crippen molar-refractivity contribution in [3.8, 4) is 11.8 Å². The number of aliphatic carboxylic acids is 1. The average molecular weight is 446 g/mol. The van der Waals surface area contributed by atoms with Crippen molar-refractivity contribution in [2.45, 2.75) is 12.7 Å². The lowest BCUT2D eigenvalue weighted by Crippen LogP contribution is -2.36. The number of carboxylic acids is 1. The van der Waals surface area contributed by atoms with Crippen molar-refractivity contribution in [3.05, 3.63) is 69.1 Å². The molecule has 0 saturated carbocycles. The van der Waals surface area contributed by atoms with E-state index in [2.05, 4.69) is 4.98 Å². The van der Waals surface area contributed by atoms with Crippen molar-refractivity contribution in [2.24, 2.45) is 0 Å². The number of carbonyl (C=O) groups is 2. The third kappa shape index (κ3) is 4.36. The van der Waals surface area contributed by atoms with Gasteiger partial charge in [-0.25, -0.2) is 4.98 Å². The number of aromatic nitrogens is 2. The topological polar surface area (TPSA) is 145 Å². The Balaban J connectivity index is 2.18. The molecule has 0 atom stereocenters. The summed E-state index contributed by atoms with van der Waals surface area (Å²) in [5, 5.41) is 30.1. The number of halogens is 3. The van der Waals surface area contributed by atoms with E-state index in [4.69, 9.17) is 10.4 Å². The van der Waals surface area contributed by atoms with Crippen LogP contribution >= 0.6 is 0 Å². The summed E-state index contributed by atoms with van der Waals surface area (Å²) in [6.45, 7) is -1.14. The molecule has 9 nitrogen and oxygen atoms in total. The van der Waals surface area contributed by atoms with Crippen molar-refractivity contribution in [1.82, 2.24) is 14.9 Å². The fourth-order valence-electron chi connectivity index (χ4n) is 2.95. The quantitative estimate of drug-likeness (QED) is 0.542. The monoisotopic (exact) mass is 446 g/mol. The second-order valence-electron chi connectivity index (χ2n) is 6.59. The summed E-state index contributed by atoms with van der Waals surface area (Å²) in [4.78, 5) is 40.1. The molecular weight excluding hydrogens is 433 g/mol. The Morgan fingerprint density at radius 3 is 2.44 bits per heavy atom. The normalized spacial score (nSPS) is 11.2. The standard InChI is InChI=1S/C20H13F3N4O5/c21-20(22,23)12-3-1-10(2-4-12)9-27-17-13(5-11(6-24)7-25-17)16(30)15(19(27)32)18(31)26-8-14(28)29/h1-5,7,30H,8-9H2,(H,26,31)(H,28,29). The van der Waals surface area contributed by atoms with Crippen LogP contribution in [-0.2, 0) is 17.5 Å². The van der Waals surface area contributed by atoms with Crippen molar-refractivity contribution < 1.29 is 33.0 Å². The van der Waals surface area contributed by atoms with Gasteiger partial charge < -0.3 is 15.5 Å². The number of rotatable bonds is 5. The van der Waals surface area contributed by atoms with Crippen molar-refractivity contribution in [3.63, 3.8) is 0 Å². The zero-order valence-electron chi connectivity index (χ0n) is 16.0. The van der Waals surface area contributed by atoms with Gasteiger partial charge >= 0.3 is 12.1 Å². The highest BCUT2D eigenvalue weighted by atomic mass is 19.4. The number of nitriles is 1. The molecule has 1 amide bonds. The Labute approximate surface area is 177 Å². The molecule has 3 aromatic rings. The average Bonchev–Trinajstić information content (AvgIpc) is 2.74. The number of pyridine rings is 2. The van der Waals surface area contributed by atoms with E-state index in [0.29, 0.717) is 0 Å². The van der Waals surface area contributed by atoms with Gasteiger partial charge in [-0.1, -0.05) is 12.1 Å². The van der Waals surface area contributed by atoms with Crippen LogP contribution in [0.1, 0.15) is 27.0 Å². The van der Waals surface area contributed by atoms with Gasteiger partial charge in [-0.15, -0.1) is 0 Å². The van der Waals surface area contributed by atoms with Gasteiger partial charge in [0.25, 0.3) is 11.5 Å². The highest BCUT2D eigenvalue weighted by Crippen LogP contribution is 2.30. The highest BCUT2D eigenvalue weighted by Gasteiger charge is 2.30. The lowest BCUT2D eigenvalue weighted by atomic mass is 10.1. The molecule has 0 unspecified atom stereocenters. The third-order valence-electron chi connectivity index (χ3n) is 4.45. The smallest absolute Gasteiger partial charge is 0.416 e. The molecule has 0 aliphatic heterocycles. The molecule has 0 saturated heterocycles. The first-order valence-corrected chi connectivity index (χ1v) is 8.84. The summed E-state index contributed by atoms with van der Waals surface area (Å²) in [5.74, 6) is -3.38. The fourth-order valence-corrected chi connectivity index (χ4v) is 2.95. The minimum Gasteiger partial charge on any atom is -0.506 e. The van der Waals surface area contributed by atoms with E-state index in [1.165, 1.54) is 6.07 Å². The van der Waals surface area contributed by atoms with E-state index in [9.17, 15) is 32.7 Å². The van der Waals surface area contributed by atoms with Gasteiger partial charge in [0.15, 0.2) is 0 Å². The van der Waals surface area contributed by atoms with E-state index < -0.39 is 47.0 Å². The largest absolute Gasteiger partial charge is 0.506 e. The number of carbonyl (C=O) groups excluding carboxylic acids is 1. The Kier molecular flexibility index (Phi) is 5.84. The van der Waals surface area contributed by atoms with Gasteiger partial charge in [-0.05, 0) is 23.8 Å². The summed E-state index contributed by atoms with van der Waals surface area (Å²) < 4.78 is 39.3. The predicted molar refractivity (Wildman–Crippen MR) is 103 cm³/mol. The van der Waals surface area contributed by atoms with Gasteiger partial charge in [0.05, 0.1) is 23.1 Å². The zero-order chi connectivity index (χ0) is 23.6. The Morgan fingerprint density at radius 2 is 1.88 bits per heavy atom. The maximum absolute atomic E-state index is 13.0. The number of fused-ring (bicyclic) bond motifs is 1. The molecule has 0 radical (unpaired) electrons. The van der Waals surface area contributed by atoms with Gasteiger partial charge in [-0.2, -0.15) is 18.4 Å². The van der Waals surface area contributed by atoms with E-state index in [0.717, 1.165) is 35.0 Å². The number of hydrogen-bond acceptors (Lipinski definition) is 6. The summed E-state index contributed by atoms with van der Waals surface area (Å²) in [5.41, 5.74) is -2.59. The maximum atomic E-state index is 13.0. The molecular formula is C20H13F3N4O5. The number of benzene rings is 1. The first-order valence-electron chi connectivity index (χ1n) is 8.84. The van der Waals surface area contributed by atoms with Crippen molar-refractivity contribution >= 4 is 22.9 Å². The van der Waals surface area contributed by atoms with Gasteiger partial charge in [-0.3, -0.25) is 19.0 Å². The minimum atomic E-state index is -4.55. The van der Waals surface area contributed by atoms with Crippen LogP contribution in [-0.4, -0.2) is 38.2 Å². The minimum absolute atomic E-state index is 0.00410. The Bertz CT molecular complexity index is 1320. The lowest BCUT2D eigenvalue weighted by molar-refractivity contribution is -0.138. The summed E-state index contributed by atoms with van der Waals surface area (Å²) in [7, 11) is 0. The van der Waals surface area contributed by atoms with Crippen LogP contribution in [0, 0.1) is 11.3 Å². The van der Waals surface area contributed by atoms with E-state index in [1.54, 1.807) is 6.07 Å². The molecule has 3 N–H and O–H groups in total. The Hall–Kier alpha value is -4.40. The van der Waals surface area contributed by atoms with E-state index in [1.807, 2.05) is 5.32 Å². The van der Waals surface area contributed by atoms with Crippen LogP contribution in [0.3, 0.4) is 0 Å². The molecule has 3 rings (SSSR count). The lowest BCUT2D eigenvalue weighted by Gasteiger charge is -2.15. The first-order chi connectivity index (χ1) is 15.0. The maximum Gasteiger partial charge on any atom is 0.416 e. The van der Waals surface area contributed by atoms with E-state index in [-0.39, 0.29) is 28.7 Å². The number of hydrogen-bond donors (Lipinski definition) is 3. The van der Waals surface area contributed by atoms with E-state index >= 15 is 0 Å². The molecule has 1 aromatic carbocycles. The van der Waals surface area contributed by atoms with Gasteiger partial charge in [0.1, 0.15) is 29.6 Å². The molecule has 164 valence electrons. The first kappa shape index (κ1) is 22.3. The molecule has 0 aliphatic rings. The fraction of sp³-hybridized carbons (Fsp3) is 0.150. The SMILES string of the molecule is N#Cc1cnc2c(c1)c(O)c(C(=O)NCC(=O)O)c(=O)n2Cc1ccc(C(F)(F)F)cc1. The predicted octanol–water partition coefficient (Wildman–Crippen LogP) is 1.86. The molecule has 0 fully saturated rings. The number of amides is 1. The van der Waals surface area contributed by atoms with Gasteiger partial charge in [0.2, 0.25) is 0 Å². The van der Waals surface area contributed by atoms with Crippen LogP contribution in [0.25, 0.3) is 11.0 Å². The number of carboxylic acid groups (broad SMARTS) is 1. The Morgan fingerprint density at radius 1 is 1.22 bits per heavy atom. The number of aromatic hydroxyl groups is 1. The molecule has 0 bridgehead atoms. The van der Waals surface area contributed by atoms with Gasteiger partial charge in [0, 0.05) is 6.20 Å². The van der Waals surface area contributed by atoms with Crippen LogP contribution in [0.5, 0.6) is 5.75 Å². The molecule has 2 heterocycles. The molecule has 0 spiro atoms. The summed E-state index contributed by atoms with van der Waals surface area (Å²) >= 11 is 0. The molecule has 32 heavy (non-hydrogen) atoms.